The van der Waals surface area contributed by atoms with Crippen molar-refractivity contribution >= 4 is 23.3 Å². The zero-order chi connectivity index (χ0) is 30.6. The van der Waals surface area contributed by atoms with Crippen LogP contribution in [0.4, 0.5) is 11.5 Å². The lowest BCUT2D eigenvalue weighted by molar-refractivity contribution is -0.120. The molecular weight excluding hydrogens is 538 g/mol. The normalized spacial score (nSPS) is 15.3. The quantitative estimate of drug-likeness (QED) is 0.329. The number of fused-ring (bicyclic) bond motifs is 3. The molecule has 0 unspecified atom stereocenters. The van der Waals surface area contributed by atoms with Gasteiger partial charge in [-0.25, -0.2) is 0 Å². The number of benzene rings is 1. The second-order valence-electron chi connectivity index (χ2n) is 10.5. The SMILES string of the molecule is CC[C@H](C)[C@H](Nc1ccc2c(cc1=O)[C@@H](NC(C)=O)CCc1cc(OC)c(OC)c(OC)c1-2)C(=O)Nc1ccn(C)n1. The van der Waals surface area contributed by atoms with Crippen LogP contribution < -0.4 is 35.6 Å². The summed E-state index contributed by atoms with van der Waals surface area (Å²) < 4.78 is 18.7. The Morgan fingerprint density at radius 2 is 1.83 bits per heavy atom. The van der Waals surface area contributed by atoms with Gasteiger partial charge in [-0.05, 0) is 53.6 Å². The lowest BCUT2D eigenvalue weighted by atomic mass is 9.95. The lowest BCUT2D eigenvalue weighted by Crippen LogP contribution is -2.40. The fourth-order valence-electron chi connectivity index (χ4n) is 5.38. The second-order valence-corrected chi connectivity index (χ2v) is 10.5. The van der Waals surface area contributed by atoms with Gasteiger partial charge in [-0.2, -0.15) is 5.10 Å². The minimum atomic E-state index is -0.704. The minimum Gasteiger partial charge on any atom is -0.493 e. The van der Waals surface area contributed by atoms with Gasteiger partial charge < -0.3 is 30.2 Å². The highest BCUT2D eigenvalue weighted by Gasteiger charge is 2.30. The Morgan fingerprint density at radius 1 is 1.10 bits per heavy atom. The van der Waals surface area contributed by atoms with Crippen LogP contribution in [0.15, 0.2) is 41.3 Å². The molecule has 1 aromatic heterocycles. The number of rotatable bonds is 10. The van der Waals surface area contributed by atoms with Gasteiger partial charge in [0.15, 0.2) is 17.3 Å². The van der Waals surface area contributed by atoms with Gasteiger partial charge in [-0.15, -0.1) is 0 Å². The zero-order valence-corrected chi connectivity index (χ0v) is 25.2. The molecule has 1 aliphatic carbocycles. The molecule has 0 spiro atoms. The molecule has 0 radical (unpaired) electrons. The van der Waals surface area contributed by atoms with Crippen LogP contribution in [-0.4, -0.2) is 49.0 Å². The van der Waals surface area contributed by atoms with E-state index >= 15 is 0 Å². The Morgan fingerprint density at radius 3 is 2.43 bits per heavy atom. The second kappa shape index (κ2) is 13.0. The number of hydrogen-bond donors (Lipinski definition) is 3. The van der Waals surface area contributed by atoms with Gasteiger partial charge in [0.2, 0.25) is 23.0 Å². The first kappa shape index (κ1) is 30.4. The molecule has 3 aromatic rings. The predicted octanol–water partition coefficient (Wildman–Crippen LogP) is 4.06. The van der Waals surface area contributed by atoms with Gasteiger partial charge in [-0.3, -0.25) is 19.1 Å². The number of methoxy groups -OCH3 is 3. The van der Waals surface area contributed by atoms with Crippen LogP contribution in [0, 0.1) is 5.92 Å². The molecule has 11 heteroatoms. The minimum absolute atomic E-state index is 0.0962. The number of carbonyl (C=O) groups excluding carboxylic acids is 2. The summed E-state index contributed by atoms with van der Waals surface area (Å²) in [7, 11) is 6.43. The molecule has 224 valence electrons. The molecule has 1 aliphatic rings. The van der Waals surface area contributed by atoms with Crippen LogP contribution in [0.5, 0.6) is 17.2 Å². The average Bonchev–Trinajstić information content (AvgIpc) is 3.23. The van der Waals surface area contributed by atoms with E-state index in [1.54, 1.807) is 44.3 Å². The van der Waals surface area contributed by atoms with Gasteiger partial charge in [0.05, 0.1) is 33.1 Å². The Bertz CT molecular complexity index is 1530. The van der Waals surface area contributed by atoms with Crippen molar-refractivity contribution in [2.24, 2.45) is 13.0 Å². The van der Waals surface area contributed by atoms with Gasteiger partial charge in [-0.1, -0.05) is 26.3 Å². The summed E-state index contributed by atoms with van der Waals surface area (Å²) >= 11 is 0. The summed E-state index contributed by atoms with van der Waals surface area (Å²) in [6, 6.07) is 7.52. The number of anilines is 2. The van der Waals surface area contributed by atoms with Crippen molar-refractivity contribution in [2.75, 3.05) is 32.0 Å². The third kappa shape index (κ3) is 6.19. The van der Waals surface area contributed by atoms with Crippen LogP contribution in [0.1, 0.15) is 50.8 Å². The molecular formula is C31H39N5O6. The Labute approximate surface area is 245 Å². The fraction of sp³-hybridized carbons (Fsp3) is 0.419. The summed E-state index contributed by atoms with van der Waals surface area (Å²) in [5.41, 5.74) is 2.98. The first-order valence-electron chi connectivity index (χ1n) is 14.0. The lowest BCUT2D eigenvalue weighted by Gasteiger charge is -2.23. The molecule has 2 amide bonds. The molecule has 1 heterocycles. The molecule has 0 aliphatic heterocycles. The molecule has 2 aromatic carbocycles. The number of aryl methyl sites for hydroxylation is 2. The smallest absolute Gasteiger partial charge is 0.248 e. The Kier molecular flexibility index (Phi) is 9.39. The zero-order valence-electron chi connectivity index (χ0n) is 25.2. The van der Waals surface area contributed by atoms with E-state index in [1.807, 2.05) is 26.0 Å². The number of ether oxygens (including phenoxy) is 3. The Balaban J connectivity index is 1.87. The van der Waals surface area contributed by atoms with E-state index in [9.17, 15) is 14.4 Å². The van der Waals surface area contributed by atoms with E-state index in [2.05, 4.69) is 21.0 Å². The van der Waals surface area contributed by atoms with Crippen molar-refractivity contribution in [2.45, 2.75) is 52.1 Å². The summed E-state index contributed by atoms with van der Waals surface area (Å²) in [5.74, 6) is 1.25. The molecule has 0 saturated heterocycles. The molecule has 4 rings (SSSR count). The highest BCUT2D eigenvalue weighted by molar-refractivity contribution is 5.96. The highest BCUT2D eigenvalue weighted by atomic mass is 16.5. The standard InChI is InChI=1S/C31H39N5O6/c1-8-17(2)28(31(39)34-26-13-14-36(4)35-26)33-23-12-10-20-21(16-24(23)38)22(32-18(3)37)11-9-19-15-25(40-5)29(41-6)30(42-7)27(19)20/h10,12-17,22,28H,8-9,11H2,1-7H3,(H,32,37)(H,33,38)(H,34,35,39)/t17-,22-,28-/m0/s1. The van der Waals surface area contributed by atoms with Crippen molar-refractivity contribution in [3.8, 4) is 28.4 Å². The van der Waals surface area contributed by atoms with Gasteiger partial charge in [0.25, 0.3) is 0 Å². The monoisotopic (exact) mass is 577 g/mol. The van der Waals surface area contributed by atoms with Crippen molar-refractivity contribution in [3.63, 3.8) is 0 Å². The summed E-state index contributed by atoms with van der Waals surface area (Å²) in [6.07, 6.45) is 3.59. The predicted molar refractivity (Wildman–Crippen MR) is 161 cm³/mol. The van der Waals surface area contributed by atoms with Crippen LogP contribution in [0.25, 0.3) is 11.1 Å². The molecule has 0 bridgehead atoms. The number of hydrogen-bond acceptors (Lipinski definition) is 8. The van der Waals surface area contributed by atoms with Crippen molar-refractivity contribution < 1.29 is 23.8 Å². The number of nitrogens with one attached hydrogen (secondary N) is 3. The van der Waals surface area contributed by atoms with E-state index in [-0.39, 0.29) is 28.8 Å². The van der Waals surface area contributed by atoms with Gasteiger partial charge in [0.1, 0.15) is 6.04 Å². The van der Waals surface area contributed by atoms with E-state index in [4.69, 9.17) is 14.2 Å². The first-order chi connectivity index (χ1) is 20.1. The van der Waals surface area contributed by atoms with E-state index in [0.717, 1.165) is 11.1 Å². The summed E-state index contributed by atoms with van der Waals surface area (Å²) in [6.45, 7) is 5.39. The van der Waals surface area contributed by atoms with E-state index in [1.165, 1.54) is 20.1 Å². The van der Waals surface area contributed by atoms with Crippen molar-refractivity contribution in [1.82, 2.24) is 15.1 Å². The molecule has 42 heavy (non-hydrogen) atoms. The maximum absolute atomic E-state index is 13.8. The maximum atomic E-state index is 13.8. The van der Waals surface area contributed by atoms with E-state index in [0.29, 0.717) is 53.5 Å². The first-order valence-corrected chi connectivity index (χ1v) is 14.0. The van der Waals surface area contributed by atoms with Gasteiger partial charge >= 0.3 is 0 Å². The van der Waals surface area contributed by atoms with E-state index < -0.39 is 12.1 Å². The Hall–Kier alpha value is -4.54. The molecule has 3 atom stereocenters. The topological polar surface area (TPSA) is 133 Å². The summed E-state index contributed by atoms with van der Waals surface area (Å²) in [5, 5.41) is 13.3. The number of nitrogens with zero attached hydrogens (tertiary/aromatic N) is 2. The van der Waals surface area contributed by atoms with Crippen LogP contribution in [0.2, 0.25) is 0 Å². The third-order valence-electron chi connectivity index (χ3n) is 7.69. The molecule has 11 nitrogen and oxygen atoms in total. The van der Waals surface area contributed by atoms with Crippen LogP contribution in [0.3, 0.4) is 0 Å². The van der Waals surface area contributed by atoms with Crippen molar-refractivity contribution in [1.29, 1.82) is 0 Å². The largest absolute Gasteiger partial charge is 0.493 e. The average molecular weight is 578 g/mol. The molecule has 3 N–H and O–H groups in total. The third-order valence-corrected chi connectivity index (χ3v) is 7.69. The van der Waals surface area contributed by atoms with Crippen LogP contribution in [-0.2, 0) is 23.1 Å². The van der Waals surface area contributed by atoms with Gasteiger partial charge in [0, 0.05) is 31.8 Å². The highest BCUT2D eigenvalue weighted by Crippen LogP contribution is 2.50. The molecule has 0 fully saturated rings. The number of amides is 2. The van der Waals surface area contributed by atoms with Crippen LogP contribution >= 0.6 is 0 Å². The number of carbonyl (C=O) groups is 2. The van der Waals surface area contributed by atoms with Crippen molar-refractivity contribution in [3.05, 3.63) is 57.9 Å². The fourth-order valence-corrected chi connectivity index (χ4v) is 5.38. The number of aromatic nitrogens is 2. The molecule has 0 saturated carbocycles. The maximum Gasteiger partial charge on any atom is 0.248 e. The summed E-state index contributed by atoms with van der Waals surface area (Å²) in [4.78, 5) is 39.3.